The van der Waals surface area contributed by atoms with Crippen LogP contribution in [0.5, 0.6) is 5.75 Å². The number of rotatable bonds is 2. The summed E-state index contributed by atoms with van der Waals surface area (Å²) in [7, 11) is 0. The molecule has 3 heteroatoms. The summed E-state index contributed by atoms with van der Waals surface area (Å²) in [5.74, 6) is 1.44. The van der Waals surface area contributed by atoms with Gasteiger partial charge >= 0.3 is 0 Å². The number of hydrogen-bond acceptors (Lipinski definition) is 2. The van der Waals surface area contributed by atoms with Crippen molar-refractivity contribution in [2.75, 3.05) is 5.32 Å². The summed E-state index contributed by atoms with van der Waals surface area (Å²) in [6.45, 7) is 3.95. The van der Waals surface area contributed by atoms with E-state index in [9.17, 15) is 4.79 Å². The molecule has 0 aromatic heterocycles. The molecule has 0 unspecified atom stereocenters. The van der Waals surface area contributed by atoms with Crippen LogP contribution in [0.25, 0.3) is 0 Å². The van der Waals surface area contributed by atoms with E-state index in [2.05, 4.69) is 5.32 Å². The van der Waals surface area contributed by atoms with E-state index < -0.39 is 0 Å². The van der Waals surface area contributed by atoms with E-state index in [1.807, 2.05) is 38.1 Å². The van der Waals surface area contributed by atoms with E-state index >= 15 is 0 Å². The second-order valence-electron chi connectivity index (χ2n) is 3.66. The Morgan fingerprint density at radius 1 is 1.19 bits per heavy atom. The van der Waals surface area contributed by atoms with Gasteiger partial charge in [0.15, 0.2) is 0 Å². The summed E-state index contributed by atoms with van der Waals surface area (Å²) in [6, 6.07) is 7.49. The molecule has 1 N–H and O–H groups in total. The zero-order valence-electron chi connectivity index (χ0n) is 9.54. The standard InChI is InChI=1S/C13H15NO2/c1-3-9-11(4-2)16-12-8-6-5-7-10(12)14-13(9)15/h5-8H,3-4H2,1-2H3,(H,14,15). The molecule has 1 heterocycles. The van der Waals surface area contributed by atoms with Gasteiger partial charge in [-0.3, -0.25) is 4.79 Å². The summed E-state index contributed by atoms with van der Waals surface area (Å²) in [5, 5.41) is 2.87. The molecule has 0 saturated heterocycles. The van der Waals surface area contributed by atoms with E-state index in [-0.39, 0.29) is 5.91 Å². The number of ether oxygens (including phenoxy) is 1. The van der Waals surface area contributed by atoms with Crippen molar-refractivity contribution in [1.82, 2.24) is 0 Å². The van der Waals surface area contributed by atoms with E-state index in [0.29, 0.717) is 6.42 Å². The first-order valence-corrected chi connectivity index (χ1v) is 5.56. The Kier molecular flexibility index (Phi) is 2.95. The van der Waals surface area contributed by atoms with Crippen molar-refractivity contribution < 1.29 is 9.53 Å². The van der Waals surface area contributed by atoms with E-state index in [4.69, 9.17) is 4.74 Å². The van der Waals surface area contributed by atoms with Gasteiger partial charge in [-0.1, -0.05) is 26.0 Å². The lowest BCUT2D eigenvalue weighted by Crippen LogP contribution is -2.14. The van der Waals surface area contributed by atoms with Crippen LogP contribution in [0, 0.1) is 0 Å². The maximum atomic E-state index is 11.9. The largest absolute Gasteiger partial charge is 0.459 e. The van der Waals surface area contributed by atoms with Gasteiger partial charge in [0.2, 0.25) is 0 Å². The molecule has 0 radical (unpaired) electrons. The number of nitrogens with one attached hydrogen (secondary N) is 1. The Morgan fingerprint density at radius 3 is 2.62 bits per heavy atom. The average molecular weight is 217 g/mol. The first-order chi connectivity index (χ1) is 7.76. The molecular formula is C13H15NO2. The van der Waals surface area contributed by atoms with Gasteiger partial charge < -0.3 is 10.1 Å². The number of para-hydroxylation sites is 2. The van der Waals surface area contributed by atoms with Crippen molar-refractivity contribution in [3.8, 4) is 5.75 Å². The maximum Gasteiger partial charge on any atom is 0.255 e. The van der Waals surface area contributed by atoms with E-state index in [1.54, 1.807) is 0 Å². The second-order valence-corrected chi connectivity index (χ2v) is 3.66. The van der Waals surface area contributed by atoms with Crippen LogP contribution >= 0.6 is 0 Å². The number of benzene rings is 1. The molecule has 0 spiro atoms. The first-order valence-electron chi connectivity index (χ1n) is 5.56. The minimum Gasteiger partial charge on any atom is -0.459 e. The summed E-state index contributed by atoms with van der Waals surface area (Å²) in [4.78, 5) is 11.9. The van der Waals surface area contributed by atoms with Crippen LogP contribution in [0.1, 0.15) is 26.7 Å². The Morgan fingerprint density at radius 2 is 1.94 bits per heavy atom. The van der Waals surface area contributed by atoms with Crippen molar-refractivity contribution in [2.45, 2.75) is 26.7 Å². The number of fused-ring (bicyclic) bond motifs is 1. The maximum absolute atomic E-state index is 11.9. The third-order valence-corrected chi connectivity index (χ3v) is 2.65. The molecule has 3 nitrogen and oxygen atoms in total. The number of anilines is 1. The monoisotopic (exact) mass is 217 g/mol. The molecule has 84 valence electrons. The smallest absolute Gasteiger partial charge is 0.255 e. The Balaban J connectivity index is 2.47. The van der Waals surface area contributed by atoms with Gasteiger partial charge in [-0.25, -0.2) is 0 Å². The first kappa shape index (κ1) is 10.7. The highest BCUT2D eigenvalue weighted by atomic mass is 16.5. The zero-order valence-corrected chi connectivity index (χ0v) is 9.54. The molecule has 0 atom stereocenters. The van der Waals surface area contributed by atoms with Gasteiger partial charge in [-0.2, -0.15) is 0 Å². The molecule has 1 aromatic rings. The molecule has 2 rings (SSSR count). The summed E-state index contributed by atoms with van der Waals surface area (Å²) >= 11 is 0. The molecule has 1 aliphatic rings. The van der Waals surface area contributed by atoms with Crippen LogP contribution in [0.4, 0.5) is 5.69 Å². The fourth-order valence-corrected chi connectivity index (χ4v) is 1.82. The molecule has 0 fully saturated rings. The van der Waals surface area contributed by atoms with Crippen LogP contribution in [-0.2, 0) is 4.79 Å². The molecule has 1 amide bonds. The lowest BCUT2D eigenvalue weighted by molar-refractivity contribution is -0.113. The molecular weight excluding hydrogens is 202 g/mol. The zero-order chi connectivity index (χ0) is 11.5. The van der Waals surface area contributed by atoms with Crippen molar-refractivity contribution in [3.05, 3.63) is 35.6 Å². The lowest BCUT2D eigenvalue weighted by atomic mass is 10.1. The van der Waals surface area contributed by atoms with Gasteiger partial charge in [0.1, 0.15) is 11.5 Å². The third-order valence-electron chi connectivity index (χ3n) is 2.65. The van der Waals surface area contributed by atoms with E-state index in [0.717, 1.165) is 29.2 Å². The highest BCUT2D eigenvalue weighted by molar-refractivity contribution is 6.05. The number of carbonyl (C=O) groups excluding carboxylic acids is 1. The van der Waals surface area contributed by atoms with Crippen LogP contribution < -0.4 is 10.1 Å². The van der Waals surface area contributed by atoms with Crippen LogP contribution in [0.15, 0.2) is 35.6 Å². The number of amides is 1. The van der Waals surface area contributed by atoms with Crippen LogP contribution in [0.2, 0.25) is 0 Å². The Bertz CT molecular complexity index is 449. The predicted molar refractivity (Wildman–Crippen MR) is 63.3 cm³/mol. The summed E-state index contributed by atoms with van der Waals surface area (Å²) in [5.41, 5.74) is 1.47. The Hall–Kier alpha value is -1.77. The van der Waals surface area contributed by atoms with Crippen LogP contribution in [0.3, 0.4) is 0 Å². The normalized spacial score (nSPS) is 15.0. The summed E-state index contributed by atoms with van der Waals surface area (Å²) < 4.78 is 5.78. The molecule has 16 heavy (non-hydrogen) atoms. The molecule has 0 saturated carbocycles. The average Bonchev–Trinajstić information content (AvgIpc) is 2.44. The second kappa shape index (κ2) is 4.39. The van der Waals surface area contributed by atoms with Crippen molar-refractivity contribution in [2.24, 2.45) is 0 Å². The van der Waals surface area contributed by atoms with Gasteiger partial charge in [0.25, 0.3) is 5.91 Å². The van der Waals surface area contributed by atoms with Gasteiger partial charge in [-0.05, 0) is 18.6 Å². The fraction of sp³-hybridized carbons (Fsp3) is 0.308. The predicted octanol–water partition coefficient (Wildman–Crippen LogP) is 3.09. The van der Waals surface area contributed by atoms with Gasteiger partial charge in [0, 0.05) is 6.42 Å². The van der Waals surface area contributed by atoms with Crippen LogP contribution in [-0.4, -0.2) is 5.91 Å². The Labute approximate surface area is 95.1 Å². The van der Waals surface area contributed by atoms with Crippen molar-refractivity contribution in [3.63, 3.8) is 0 Å². The molecule has 0 bridgehead atoms. The SMILES string of the molecule is CCC1=C(CC)C(=O)Nc2ccccc2O1. The molecule has 1 aromatic carbocycles. The minimum atomic E-state index is -0.0516. The van der Waals surface area contributed by atoms with E-state index in [1.165, 1.54) is 0 Å². The minimum absolute atomic E-state index is 0.0516. The van der Waals surface area contributed by atoms with Gasteiger partial charge in [-0.15, -0.1) is 0 Å². The van der Waals surface area contributed by atoms with Gasteiger partial charge in [0.05, 0.1) is 11.3 Å². The highest BCUT2D eigenvalue weighted by Gasteiger charge is 2.20. The third kappa shape index (κ3) is 1.81. The lowest BCUT2D eigenvalue weighted by Gasteiger charge is -2.09. The highest BCUT2D eigenvalue weighted by Crippen LogP contribution is 2.31. The number of carbonyl (C=O) groups is 1. The quantitative estimate of drug-likeness (QED) is 0.826. The molecule has 1 aliphatic heterocycles. The number of allylic oxidation sites excluding steroid dienone is 1. The number of hydrogen-bond donors (Lipinski definition) is 1. The van der Waals surface area contributed by atoms with Crippen molar-refractivity contribution >= 4 is 11.6 Å². The van der Waals surface area contributed by atoms with Crippen molar-refractivity contribution in [1.29, 1.82) is 0 Å². The summed E-state index contributed by atoms with van der Waals surface area (Å²) in [6.07, 6.45) is 1.41. The molecule has 0 aliphatic carbocycles. The fourth-order valence-electron chi connectivity index (χ4n) is 1.82. The topological polar surface area (TPSA) is 38.3 Å².